The molecule has 1 N–H and O–H groups in total. The molecule has 2 unspecified atom stereocenters. The number of benzene rings is 1. The lowest BCUT2D eigenvalue weighted by Gasteiger charge is -2.31. The third-order valence-electron chi connectivity index (χ3n) is 3.45. The number of rotatable bonds is 4. The predicted molar refractivity (Wildman–Crippen MR) is 66.3 cm³/mol. The molecular formula is C14H18F3NO. The van der Waals surface area contributed by atoms with Crippen molar-refractivity contribution < 1.29 is 17.9 Å². The first kappa shape index (κ1) is 14.3. The van der Waals surface area contributed by atoms with Crippen LogP contribution in [0.2, 0.25) is 0 Å². The highest BCUT2D eigenvalue weighted by atomic mass is 19.1. The van der Waals surface area contributed by atoms with Crippen molar-refractivity contribution in [3.05, 3.63) is 35.1 Å². The standard InChI is InChI=1S/C14H18F3NO/c1-2-18-14(9-4-3-5-19-8-9)13-11(16)6-10(15)7-12(13)17/h6-7,9,14,18H,2-5,8H2,1H3. The summed E-state index contributed by atoms with van der Waals surface area (Å²) in [4.78, 5) is 0. The van der Waals surface area contributed by atoms with Crippen molar-refractivity contribution in [3.8, 4) is 0 Å². The van der Waals surface area contributed by atoms with Crippen LogP contribution in [-0.2, 0) is 4.74 Å². The Kier molecular flexibility index (Phi) is 4.82. The summed E-state index contributed by atoms with van der Waals surface area (Å²) >= 11 is 0. The molecule has 0 bridgehead atoms. The second-order valence-corrected chi connectivity index (χ2v) is 4.80. The lowest BCUT2D eigenvalue weighted by molar-refractivity contribution is 0.0381. The second-order valence-electron chi connectivity index (χ2n) is 4.80. The smallest absolute Gasteiger partial charge is 0.133 e. The summed E-state index contributed by atoms with van der Waals surface area (Å²) in [7, 11) is 0. The number of hydrogen-bond donors (Lipinski definition) is 1. The van der Waals surface area contributed by atoms with Gasteiger partial charge in [0.2, 0.25) is 0 Å². The summed E-state index contributed by atoms with van der Waals surface area (Å²) < 4.78 is 46.1. The molecule has 0 saturated carbocycles. The SMILES string of the molecule is CCNC(c1c(F)cc(F)cc1F)C1CCCOC1. The van der Waals surface area contributed by atoms with Crippen LogP contribution in [0.25, 0.3) is 0 Å². The van der Waals surface area contributed by atoms with Crippen LogP contribution in [0.1, 0.15) is 31.4 Å². The summed E-state index contributed by atoms with van der Waals surface area (Å²) in [5.41, 5.74) is -0.0845. The van der Waals surface area contributed by atoms with Gasteiger partial charge in [-0.1, -0.05) is 6.92 Å². The number of halogens is 3. The first-order valence-electron chi connectivity index (χ1n) is 6.59. The lowest BCUT2D eigenvalue weighted by Crippen LogP contribution is -2.34. The molecule has 1 aromatic rings. The van der Waals surface area contributed by atoms with Crippen molar-refractivity contribution in [2.75, 3.05) is 19.8 Å². The quantitative estimate of drug-likeness (QED) is 0.909. The fourth-order valence-electron chi connectivity index (χ4n) is 2.60. The summed E-state index contributed by atoms with van der Waals surface area (Å²) in [5, 5.41) is 3.09. The van der Waals surface area contributed by atoms with E-state index >= 15 is 0 Å². The molecule has 19 heavy (non-hydrogen) atoms. The average Bonchev–Trinajstić information content (AvgIpc) is 2.37. The molecule has 2 atom stereocenters. The molecule has 0 aliphatic carbocycles. The Morgan fingerprint density at radius 1 is 1.32 bits per heavy atom. The largest absolute Gasteiger partial charge is 0.381 e. The molecule has 2 nitrogen and oxygen atoms in total. The number of hydrogen-bond acceptors (Lipinski definition) is 2. The number of nitrogens with one attached hydrogen (secondary N) is 1. The zero-order valence-corrected chi connectivity index (χ0v) is 10.9. The van der Waals surface area contributed by atoms with E-state index in [-0.39, 0.29) is 11.5 Å². The van der Waals surface area contributed by atoms with E-state index in [4.69, 9.17) is 4.74 Å². The fourth-order valence-corrected chi connectivity index (χ4v) is 2.60. The van der Waals surface area contributed by atoms with Crippen molar-refractivity contribution in [2.24, 2.45) is 5.92 Å². The molecule has 5 heteroatoms. The van der Waals surface area contributed by atoms with Crippen molar-refractivity contribution in [1.29, 1.82) is 0 Å². The molecule has 1 saturated heterocycles. The molecule has 0 radical (unpaired) electrons. The van der Waals surface area contributed by atoms with Crippen molar-refractivity contribution in [3.63, 3.8) is 0 Å². The first-order valence-corrected chi connectivity index (χ1v) is 6.59. The first-order chi connectivity index (χ1) is 9.13. The maximum Gasteiger partial charge on any atom is 0.133 e. The van der Waals surface area contributed by atoms with Crippen LogP contribution >= 0.6 is 0 Å². The lowest BCUT2D eigenvalue weighted by atomic mass is 9.88. The topological polar surface area (TPSA) is 21.3 Å². The van der Waals surface area contributed by atoms with Gasteiger partial charge < -0.3 is 10.1 Å². The van der Waals surface area contributed by atoms with E-state index in [2.05, 4.69) is 5.32 Å². The van der Waals surface area contributed by atoms with E-state index in [0.717, 1.165) is 25.0 Å². The minimum absolute atomic E-state index is 0.00293. The van der Waals surface area contributed by atoms with E-state index in [1.54, 1.807) is 0 Å². The average molecular weight is 273 g/mol. The normalized spacial score (nSPS) is 21.4. The molecule has 0 aromatic heterocycles. The minimum atomic E-state index is -0.895. The molecule has 1 aliphatic rings. The van der Waals surface area contributed by atoms with Gasteiger partial charge in [0.1, 0.15) is 17.5 Å². The molecule has 106 valence electrons. The van der Waals surface area contributed by atoms with Gasteiger partial charge in [-0.2, -0.15) is 0 Å². The van der Waals surface area contributed by atoms with Gasteiger partial charge in [-0.05, 0) is 19.4 Å². The Morgan fingerprint density at radius 2 is 2.00 bits per heavy atom. The maximum atomic E-state index is 13.9. The summed E-state index contributed by atoms with van der Waals surface area (Å²) in [6, 6.07) is 0.977. The van der Waals surface area contributed by atoms with Crippen LogP contribution in [-0.4, -0.2) is 19.8 Å². The Morgan fingerprint density at radius 3 is 2.53 bits per heavy atom. The highest BCUT2D eigenvalue weighted by Gasteiger charge is 2.29. The van der Waals surface area contributed by atoms with Gasteiger partial charge >= 0.3 is 0 Å². The molecule has 2 rings (SSSR count). The van der Waals surface area contributed by atoms with E-state index in [9.17, 15) is 13.2 Å². The van der Waals surface area contributed by atoms with E-state index in [0.29, 0.717) is 19.8 Å². The molecule has 0 spiro atoms. The van der Waals surface area contributed by atoms with E-state index in [1.807, 2.05) is 6.92 Å². The Labute approximate surface area is 111 Å². The zero-order valence-electron chi connectivity index (χ0n) is 10.9. The van der Waals surface area contributed by atoms with Crippen LogP contribution in [0, 0.1) is 23.4 Å². The minimum Gasteiger partial charge on any atom is -0.381 e. The predicted octanol–water partition coefficient (Wildman–Crippen LogP) is 3.18. The molecular weight excluding hydrogens is 255 g/mol. The number of ether oxygens (including phenoxy) is 1. The third-order valence-corrected chi connectivity index (χ3v) is 3.45. The molecule has 1 aromatic carbocycles. The fraction of sp³-hybridized carbons (Fsp3) is 0.571. The second kappa shape index (κ2) is 6.39. The maximum absolute atomic E-state index is 13.9. The molecule has 1 fully saturated rings. The Balaban J connectivity index is 2.32. The molecule has 1 heterocycles. The van der Waals surface area contributed by atoms with E-state index in [1.165, 1.54) is 0 Å². The summed E-state index contributed by atoms with van der Waals surface area (Å²) in [6.07, 6.45) is 1.71. The van der Waals surface area contributed by atoms with Crippen LogP contribution in [0.3, 0.4) is 0 Å². The Bertz CT molecular complexity index is 410. The van der Waals surface area contributed by atoms with Gasteiger partial charge in [-0.15, -0.1) is 0 Å². The highest BCUT2D eigenvalue weighted by Crippen LogP contribution is 2.32. The van der Waals surface area contributed by atoms with Gasteiger partial charge in [-0.25, -0.2) is 13.2 Å². The molecule has 0 amide bonds. The van der Waals surface area contributed by atoms with Crippen LogP contribution in [0.15, 0.2) is 12.1 Å². The van der Waals surface area contributed by atoms with Gasteiger partial charge in [0.15, 0.2) is 0 Å². The molecule has 1 aliphatic heterocycles. The van der Waals surface area contributed by atoms with Gasteiger partial charge in [-0.3, -0.25) is 0 Å². The van der Waals surface area contributed by atoms with Crippen LogP contribution in [0.4, 0.5) is 13.2 Å². The van der Waals surface area contributed by atoms with Gasteiger partial charge in [0.25, 0.3) is 0 Å². The van der Waals surface area contributed by atoms with Crippen molar-refractivity contribution in [2.45, 2.75) is 25.8 Å². The third kappa shape index (κ3) is 3.28. The Hall–Kier alpha value is -1.07. The monoisotopic (exact) mass is 273 g/mol. The van der Waals surface area contributed by atoms with Crippen LogP contribution in [0.5, 0.6) is 0 Å². The summed E-state index contributed by atoms with van der Waals surface area (Å²) in [5.74, 6) is -2.57. The van der Waals surface area contributed by atoms with E-state index < -0.39 is 23.5 Å². The van der Waals surface area contributed by atoms with Gasteiger partial charge in [0, 0.05) is 36.3 Å². The van der Waals surface area contributed by atoms with Crippen molar-refractivity contribution in [1.82, 2.24) is 5.32 Å². The highest BCUT2D eigenvalue weighted by molar-refractivity contribution is 5.25. The van der Waals surface area contributed by atoms with Gasteiger partial charge in [0.05, 0.1) is 6.61 Å². The summed E-state index contributed by atoms with van der Waals surface area (Å²) in [6.45, 7) is 3.60. The zero-order chi connectivity index (χ0) is 13.8. The van der Waals surface area contributed by atoms with Crippen molar-refractivity contribution >= 4 is 0 Å². The van der Waals surface area contributed by atoms with Crippen LogP contribution < -0.4 is 5.32 Å².